The van der Waals surface area contributed by atoms with E-state index < -0.39 is 5.60 Å². The van der Waals surface area contributed by atoms with E-state index in [1.54, 1.807) is 12.4 Å². The van der Waals surface area contributed by atoms with Crippen LogP contribution in [-0.2, 0) is 0 Å². The third kappa shape index (κ3) is 3.32. The number of anilines is 2. The summed E-state index contributed by atoms with van der Waals surface area (Å²) >= 11 is 0. The van der Waals surface area contributed by atoms with Gasteiger partial charge in [0.15, 0.2) is 0 Å². The van der Waals surface area contributed by atoms with Gasteiger partial charge in [0.1, 0.15) is 11.6 Å². The molecule has 2 rings (SSSR count). The molecular weight excluding hydrogens is 228 g/mol. The van der Waals surface area contributed by atoms with E-state index in [0.717, 1.165) is 50.5 Å². The van der Waals surface area contributed by atoms with Gasteiger partial charge in [0.05, 0.1) is 18.0 Å². The second kappa shape index (κ2) is 5.52. The van der Waals surface area contributed by atoms with Crippen molar-refractivity contribution in [2.75, 3.05) is 29.9 Å². The molecule has 5 heteroatoms. The van der Waals surface area contributed by atoms with Crippen LogP contribution in [0.1, 0.15) is 33.1 Å². The molecule has 0 spiro atoms. The van der Waals surface area contributed by atoms with Gasteiger partial charge in [-0.05, 0) is 26.2 Å². The molecule has 0 amide bonds. The van der Waals surface area contributed by atoms with Gasteiger partial charge in [-0.15, -0.1) is 0 Å². The van der Waals surface area contributed by atoms with Gasteiger partial charge < -0.3 is 15.3 Å². The highest BCUT2D eigenvalue weighted by molar-refractivity contribution is 5.44. The SMILES string of the molecule is CCCNc1cncc(N2CCC(C)(O)CC2)n1. The van der Waals surface area contributed by atoms with Crippen LogP contribution in [-0.4, -0.2) is 40.3 Å². The molecule has 1 fully saturated rings. The minimum atomic E-state index is -0.526. The molecule has 0 bridgehead atoms. The number of hydrogen-bond acceptors (Lipinski definition) is 5. The Morgan fingerprint density at radius 3 is 2.78 bits per heavy atom. The third-order valence-corrected chi connectivity index (χ3v) is 3.34. The summed E-state index contributed by atoms with van der Waals surface area (Å²) in [7, 11) is 0. The molecule has 18 heavy (non-hydrogen) atoms. The molecule has 5 nitrogen and oxygen atoms in total. The maximum atomic E-state index is 9.93. The summed E-state index contributed by atoms with van der Waals surface area (Å²) < 4.78 is 0. The summed E-state index contributed by atoms with van der Waals surface area (Å²) in [4.78, 5) is 11.0. The predicted octanol–water partition coefficient (Wildman–Crippen LogP) is 1.65. The minimum Gasteiger partial charge on any atom is -0.390 e. The fourth-order valence-electron chi connectivity index (χ4n) is 2.06. The van der Waals surface area contributed by atoms with E-state index in [0.29, 0.717) is 0 Å². The lowest BCUT2D eigenvalue weighted by molar-refractivity contribution is 0.0350. The van der Waals surface area contributed by atoms with Crippen molar-refractivity contribution in [1.82, 2.24) is 9.97 Å². The molecule has 0 atom stereocenters. The highest BCUT2D eigenvalue weighted by Crippen LogP contribution is 2.24. The van der Waals surface area contributed by atoms with Crippen LogP contribution in [0.3, 0.4) is 0 Å². The lowest BCUT2D eigenvalue weighted by Crippen LogP contribution is -2.42. The van der Waals surface area contributed by atoms with Crippen LogP contribution < -0.4 is 10.2 Å². The Morgan fingerprint density at radius 1 is 1.39 bits per heavy atom. The summed E-state index contributed by atoms with van der Waals surface area (Å²) in [5.41, 5.74) is -0.526. The van der Waals surface area contributed by atoms with Crippen molar-refractivity contribution in [3.8, 4) is 0 Å². The first kappa shape index (κ1) is 13.1. The Balaban J connectivity index is 2.00. The van der Waals surface area contributed by atoms with E-state index in [2.05, 4.69) is 27.1 Å². The first-order valence-electron chi connectivity index (χ1n) is 6.64. The topological polar surface area (TPSA) is 61.3 Å². The van der Waals surface area contributed by atoms with Crippen LogP contribution in [0.5, 0.6) is 0 Å². The van der Waals surface area contributed by atoms with E-state index >= 15 is 0 Å². The van der Waals surface area contributed by atoms with Crippen molar-refractivity contribution >= 4 is 11.6 Å². The number of aliphatic hydroxyl groups is 1. The quantitative estimate of drug-likeness (QED) is 0.851. The van der Waals surface area contributed by atoms with Crippen LogP contribution in [0, 0.1) is 0 Å². The Bertz CT molecular complexity index is 384. The van der Waals surface area contributed by atoms with Crippen LogP contribution in [0.25, 0.3) is 0 Å². The van der Waals surface area contributed by atoms with E-state index in [9.17, 15) is 5.11 Å². The average molecular weight is 250 g/mol. The van der Waals surface area contributed by atoms with Gasteiger partial charge in [-0.1, -0.05) is 6.92 Å². The lowest BCUT2D eigenvalue weighted by Gasteiger charge is -2.36. The number of hydrogen-bond donors (Lipinski definition) is 2. The molecule has 1 aromatic rings. The minimum absolute atomic E-state index is 0.526. The number of nitrogens with one attached hydrogen (secondary N) is 1. The van der Waals surface area contributed by atoms with Gasteiger partial charge in [-0.3, -0.25) is 4.98 Å². The van der Waals surface area contributed by atoms with Crippen molar-refractivity contribution in [2.45, 2.75) is 38.7 Å². The number of nitrogens with zero attached hydrogens (tertiary/aromatic N) is 3. The van der Waals surface area contributed by atoms with Crippen LogP contribution >= 0.6 is 0 Å². The third-order valence-electron chi connectivity index (χ3n) is 3.34. The van der Waals surface area contributed by atoms with Gasteiger partial charge in [0, 0.05) is 19.6 Å². The lowest BCUT2D eigenvalue weighted by atomic mass is 9.94. The summed E-state index contributed by atoms with van der Waals surface area (Å²) in [5, 5.41) is 13.2. The molecular formula is C13H22N4O. The van der Waals surface area contributed by atoms with E-state index in [4.69, 9.17) is 0 Å². The van der Waals surface area contributed by atoms with Gasteiger partial charge in [-0.25, -0.2) is 4.98 Å². The van der Waals surface area contributed by atoms with E-state index in [1.165, 1.54) is 0 Å². The highest BCUT2D eigenvalue weighted by atomic mass is 16.3. The van der Waals surface area contributed by atoms with Gasteiger partial charge >= 0.3 is 0 Å². The zero-order chi connectivity index (χ0) is 13.0. The van der Waals surface area contributed by atoms with Crippen molar-refractivity contribution in [1.29, 1.82) is 0 Å². The molecule has 0 aliphatic carbocycles. The zero-order valence-electron chi connectivity index (χ0n) is 11.2. The molecule has 1 aliphatic rings. The summed E-state index contributed by atoms with van der Waals surface area (Å²) in [5.74, 6) is 1.72. The van der Waals surface area contributed by atoms with Gasteiger partial charge in [-0.2, -0.15) is 0 Å². The molecule has 0 unspecified atom stereocenters. The normalized spacial score (nSPS) is 18.7. The van der Waals surface area contributed by atoms with Crippen molar-refractivity contribution in [2.24, 2.45) is 0 Å². The molecule has 1 saturated heterocycles. The Morgan fingerprint density at radius 2 is 2.11 bits per heavy atom. The first-order valence-corrected chi connectivity index (χ1v) is 6.64. The summed E-state index contributed by atoms with van der Waals surface area (Å²) in [6, 6.07) is 0. The van der Waals surface area contributed by atoms with Crippen molar-refractivity contribution in [3.05, 3.63) is 12.4 Å². The number of piperidine rings is 1. The standard InChI is InChI=1S/C13H22N4O/c1-3-6-15-11-9-14-10-12(16-11)17-7-4-13(2,18)5-8-17/h9-10,18H,3-8H2,1-2H3,(H,15,16). The van der Waals surface area contributed by atoms with Crippen LogP contribution in [0.15, 0.2) is 12.4 Å². The summed E-state index contributed by atoms with van der Waals surface area (Å²) in [6.45, 7) is 6.59. The molecule has 100 valence electrons. The zero-order valence-corrected chi connectivity index (χ0v) is 11.2. The molecule has 0 radical (unpaired) electrons. The molecule has 2 heterocycles. The Hall–Kier alpha value is -1.36. The molecule has 0 aromatic carbocycles. The number of rotatable bonds is 4. The molecule has 1 aromatic heterocycles. The maximum absolute atomic E-state index is 9.93. The van der Waals surface area contributed by atoms with Crippen LogP contribution in [0.4, 0.5) is 11.6 Å². The smallest absolute Gasteiger partial charge is 0.149 e. The van der Waals surface area contributed by atoms with E-state index in [1.807, 2.05) is 6.92 Å². The Kier molecular flexibility index (Phi) is 4.01. The van der Waals surface area contributed by atoms with E-state index in [-0.39, 0.29) is 0 Å². The molecule has 0 saturated carbocycles. The molecule has 2 N–H and O–H groups in total. The maximum Gasteiger partial charge on any atom is 0.149 e. The Labute approximate surface area is 108 Å². The van der Waals surface area contributed by atoms with Gasteiger partial charge in [0.25, 0.3) is 0 Å². The molecule has 1 aliphatic heterocycles. The number of aromatic nitrogens is 2. The first-order chi connectivity index (χ1) is 8.61. The fourth-order valence-corrected chi connectivity index (χ4v) is 2.06. The van der Waals surface area contributed by atoms with Crippen molar-refractivity contribution < 1.29 is 5.11 Å². The second-order valence-corrected chi connectivity index (χ2v) is 5.17. The highest BCUT2D eigenvalue weighted by Gasteiger charge is 2.27. The average Bonchev–Trinajstić information content (AvgIpc) is 2.37. The van der Waals surface area contributed by atoms with Crippen LogP contribution in [0.2, 0.25) is 0 Å². The monoisotopic (exact) mass is 250 g/mol. The largest absolute Gasteiger partial charge is 0.390 e. The van der Waals surface area contributed by atoms with Crippen molar-refractivity contribution in [3.63, 3.8) is 0 Å². The fraction of sp³-hybridized carbons (Fsp3) is 0.692. The predicted molar refractivity (Wildman–Crippen MR) is 72.9 cm³/mol. The second-order valence-electron chi connectivity index (χ2n) is 5.17. The van der Waals surface area contributed by atoms with Gasteiger partial charge in [0.2, 0.25) is 0 Å². The summed E-state index contributed by atoms with van der Waals surface area (Å²) in [6.07, 6.45) is 6.16.